The average molecular weight is 227 g/mol. The van der Waals surface area contributed by atoms with Gasteiger partial charge in [-0.05, 0) is 6.42 Å². The van der Waals surface area contributed by atoms with Gasteiger partial charge in [0.2, 0.25) is 5.91 Å². The minimum Gasteiger partial charge on any atom is -0.365 e. The highest BCUT2D eigenvalue weighted by Crippen LogP contribution is 2.17. The van der Waals surface area contributed by atoms with Crippen LogP contribution in [0.15, 0.2) is 6.20 Å². The number of primary amides is 1. The number of nitrogens with two attached hydrogens (primary N) is 1. The van der Waals surface area contributed by atoms with Crippen LogP contribution in [0, 0.1) is 0 Å². The molecular formula is C9H13N3O2S. The summed E-state index contributed by atoms with van der Waals surface area (Å²) >= 11 is 1.09. The molecule has 0 fully saturated rings. The van der Waals surface area contributed by atoms with Crippen LogP contribution in [0.1, 0.15) is 35.9 Å². The Hall–Kier alpha value is -1.43. The summed E-state index contributed by atoms with van der Waals surface area (Å²) < 4.78 is 0. The number of thiazole rings is 1. The van der Waals surface area contributed by atoms with Crippen LogP contribution < -0.4 is 11.1 Å². The van der Waals surface area contributed by atoms with E-state index in [0.717, 1.165) is 24.2 Å². The predicted molar refractivity (Wildman–Crippen MR) is 58.8 cm³/mol. The number of carbonyl (C=O) groups excluding carboxylic acids is 2. The first-order chi connectivity index (χ1) is 7.13. The van der Waals surface area contributed by atoms with E-state index in [-0.39, 0.29) is 5.91 Å². The average Bonchev–Trinajstić information content (AvgIpc) is 2.63. The van der Waals surface area contributed by atoms with Crippen molar-refractivity contribution in [3.63, 3.8) is 0 Å². The van der Waals surface area contributed by atoms with Gasteiger partial charge in [0.05, 0.1) is 6.20 Å². The molecule has 15 heavy (non-hydrogen) atoms. The fraction of sp³-hybridized carbons (Fsp3) is 0.444. The number of unbranched alkanes of at least 4 members (excludes halogenated alkanes) is 1. The Morgan fingerprint density at radius 3 is 2.87 bits per heavy atom. The molecule has 2 amide bonds. The maximum absolute atomic E-state index is 11.3. The van der Waals surface area contributed by atoms with E-state index in [1.165, 1.54) is 6.20 Å². The van der Waals surface area contributed by atoms with E-state index in [2.05, 4.69) is 10.3 Å². The van der Waals surface area contributed by atoms with Gasteiger partial charge >= 0.3 is 0 Å². The molecule has 0 aromatic carbocycles. The Morgan fingerprint density at radius 1 is 1.60 bits per heavy atom. The lowest BCUT2D eigenvalue weighted by Gasteiger charge is -1.98. The van der Waals surface area contributed by atoms with Crippen LogP contribution in [0.3, 0.4) is 0 Å². The molecule has 1 aromatic rings. The van der Waals surface area contributed by atoms with Crippen molar-refractivity contribution in [2.75, 3.05) is 5.32 Å². The highest BCUT2D eigenvalue weighted by Gasteiger charge is 2.08. The van der Waals surface area contributed by atoms with Gasteiger partial charge < -0.3 is 11.1 Å². The van der Waals surface area contributed by atoms with Crippen LogP contribution in [0.2, 0.25) is 0 Å². The predicted octanol–water partition coefficient (Wildman–Crippen LogP) is 1.37. The van der Waals surface area contributed by atoms with Crippen molar-refractivity contribution in [1.82, 2.24) is 4.98 Å². The Balaban J connectivity index is 2.50. The minimum absolute atomic E-state index is 0.0813. The molecule has 82 valence electrons. The largest absolute Gasteiger partial charge is 0.365 e. The maximum Gasteiger partial charge on any atom is 0.260 e. The van der Waals surface area contributed by atoms with E-state index in [9.17, 15) is 9.59 Å². The third-order valence-electron chi connectivity index (χ3n) is 1.75. The summed E-state index contributed by atoms with van der Waals surface area (Å²) in [5, 5.41) is 3.03. The second-order valence-electron chi connectivity index (χ2n) is 3.05. The molecule has 1 rings (SSSR count). The molecule has 1 aromatic heterocycles. The van der Waals surface area contributed by atoms with Crippen LogP contribution >= 0.6 is 11.3 Å². The molecule has 0 saturated heterocycles. The zero-order chi connectivity index (χ0) is 11.3. The molecule has 0 aliphatic carbocycles. The Morgan fingerprint density at radius 2 is 2.33 bits per heavy atom. The monoisotopic (exact) mass is 227 g/mol. The Bertz CT molecular complexity index is 362. The van der Waals surface area contributed by atoms with Crippen LogP contribution in [-0.2, 0) is 4.79 Å². The van der Waals surface area contributed by atoms with Crippen molar-refractivity contribution < 1.29 is 9.59 Å². The quantitative estimate of drug-likeness (QED) is 0.796. The minimum atomic E-state index is -0.526. The maximum atomic E-state index is 11.3. The number of carbonyl (C=O) groups is 2. The van der Waals surface area contributed by atoms with Crippen LogP contribution in [0.4, 0.5) is 5.13 Å². The first-order valence-electron chi connectivity index (χ1n) is 4.69. The first-order valence-corrected chi connectivity index (χ1v) is 5.50. The SMILES string of the molecule is CCCCC(=O)Nc1ncc(C(N)=O)s1. The van der Waals surface area contributed by atoms with E-state index >= 15 is 0 Å². The smallest absolute Gasteiger partial charge is 0.260 e. The van der Waals surface area contributed by atoms with Gasteiger partial charge in [-0.25, -0.2) is 4.98 Å². The summed E-state index contributed by atoms with van der Waals surface area (Å²) in [6.07, 6.45) is 3.65. The summed E-state index contributed by atoms with van der Waals surface area (Å²) in [6, 6.07) is 0. The zero-order valence-corrected chi connectivity index (χ0v) is 9.26. The summed E-state index contributed by atoms with van der Waals surface area (Å²) in [7, 11) is 0. The van der Waals surface area contributed by atoms with Gasteiger partial charge in [0, 0.05) is 6.42 Å². The highest BCUT2D eigenvalue weighted by molar-refractivity contribution is 7.17. The molecule has 3 N–H and O–H groups in total. The van der Waals surface area contributed by atoms with E-state index in [1.54, 1.807) is 0 Å². The standard InChI is InChI=1S/C9H13N3O2S/c1-2-3-4-7(13)12-9-11-5-6(15-9)8(10)14/h5H,2-4H2,1H3,(H2,10,14)(H,11,12,13). The molecule has 0 radical (unpaired) electrons. The molecular weight excluding hydrogens is 214 g/mol. The fourth-order valence-corrected chi connectivity index (χ4v) is 1.65. The summed E-state index contributed by atoms with van der Waals surface area (Å²) in [5.74, 6) is -0.608. The van der Waals surface area contributed by atoms with Gasteiger partial charge in [-0.1, -0.05) is 24.7 Å². The zero-order valence-electron chi connectivity index (χ0n) is 8.45. The van der Waals surface area contributed by atoms with E-state index < -0.39 is 5.91 Å². The van der Waals surface area contributed by atoms with E-state index in [0.29, 0.717) is 16.4 Å². The third-order valence-corrected chi connectivity index (χ3v) is 2.68. The first kappa shape index (κ1) is 11.6. The van der Waals surface area contributed by atoms with Crippen LogP contribution in [0.5, 0.6) is 0 Å². The number of hydrogen-bond acceptors (Lipinski definition) is 4. The summed E-state index contributed by atoms with van der Waals surface area (Å²) in [5.41, 5.74) is 5.06. The summed E-state index contributed by atoms with van der Waals surface area (Å²) in [6.45, 7) is 2.02. The Labute approximate surface area is 91.7 Å². The van der Waals surface area contributed by atoms with Gasteiger partial charge in [0.1, 0.15) is 4.88 Å². The normalized spacial score (nSPS) is 9.93. The van der Waals surface area contributed by atoms with Gasteiger partial charge in [0.25, 0.3) is 5.91 Å². The second kappa shape index (κ2) is 5.45. The van der Waals surface area contributed by atoms with E-state index in [1.807, 2.05) is 6.92 Å². The van der Waals surface area contributed by atoms with Crippen LogP contribution in [-0.4, -0.2) is 16.8 Å². The molecule has 0 saturated carbocycles. The molecule has 0 aliphatic heterocycles. The van der Waals surface area contributed by atoms with Crippen molar-refractivity contribution in [1.29, 1.82) is 0 Å². The van der Waals surface area contributed by atoms with Crippen LogP contribution in [0.25, 0.3) is 0 Å². The van der Waals surface area contributed by atoms with Crippen molar-refractivity contribution >= 4 is 28.3 Å². The number of nitrogens with one attached hydrogen (secondary N) is 1. The molecule has 0 spiro atoms. The van der Waals surface area contributed by atoms with Gasteiger partial charge in [-0.15, -0.1) is 0 Å². The van der Waals surface area contributed by atoms with Crippen molar-refractivity contribution in [3.05, 3.63) is 11.1 Å². The van der Waals surface area contributed by atoms with Gasteiger partial charge in [-0.2, -0.15) is 0 Å². The molecule has 1 heterocycles. The van der Waals surface area contributed by atoms with Crippen molar-refractivity contribution in [2.45, 2.75) is 26.2 Å². The third kappa shape index (κ3) is 3.67. The molecule has 0 unspecified atom stereocenters. The molecule has 0 atom stereocenters. The molecule has 0 aliphatic rings. The van der Waals surface area contributed by atoms with Crippen molar-refractivity contribution in [3.8, 4) is 0 Å². The van der Waals surface area contributed by atoms with Gasteiger partial charge in [-0.3, -0.25) is 9.59 Å². The van der Waals surface area contributed by atoms with Gasteiger partial charge in [0.15, 0.2) is 5.13 Å². The number of rotatable bonds is 5. The molecule has 6 heteroatoms. The second-order valence-corrected chi connectivity index (χ2v) is 4.08. The number of nitrogens with zero attached hydrogens (tertiary/aromatic N) is 1. The van der Waals surface area contributed by atoms with E-state index in [4.69, 9.17) is 5.73 Å². The Kier molecular flexibility index (Phi) is 4.23. The fourth-order valence-electron chi connectivity index (χ4n) is 0.965. The topological polar surface area (TPSA) is 85.1 Å². The lowest BCUT2D eigenvalue weighted by molar-refractivity contribution is -0.116. The molecule has 0 bridgehead atoms. The molecule has 5 nitrogen and oxygen atoms in total. The summed E-state index contributed by atoms with van der Waals surface area (Å²) in [4.78, 5) is 26.3. The lowest BCUT2D eigenvalue weighted by atomic mass is 10.2. The highest BCUT2D eigenvalue weighted by atomic mass is 32.1. The number of hydrogen-bond donors (Lipinski definition) is 2. The number of anilines is 1. The number of aromatic nitrogens is 1. The van der Waals surface area contributed by atoms with Crippen molar-refractivity contribution in [2.24, 2.45) is 5.73 Å². The number of amides is 2. The lowest BCUT2D eigenvalue weighted by Crippen LogP contribution is -2.10.